The molecular formula is C23H28ClN5O. The topological polar surface area (TPSA) is 62.5 Å². The van der Waals surface area contributed by atoms with Crippen molar-refractivity contribution in [3.8, 4) is 11.3 Å². The van der Waals surface area contributed by atoms with Crippen LogP contribution in [0.25, 0.3) is 16.8 Å². The minimum atomic E-state index is -0.0149. The number of carbonyl (C=O) groups is 1. The molecule has 0 aliphatic carbocycles. The van der Waals surface area contributed by atoms with Crippen LogP contribution in [-0.2, 0) is 4.79 Å². The predicted molar refractivity (Wildman–Crippen MR) is 121 cm³/mol. The molecule has 1 aromatic carbocycles. The van der Waals surface area contributed by atoms with Gasteiger partial charge in [0.2, 0.25) is 5.91 Å². The van der Waals surface area contributed by atoms with Gasteiger partial charge in [-0.15, -0.1) is 0 Å². The van der Waals surface area contributed by atoms with Crippen molar-refractivity contribution in [3.63, 3.8) is 0 Å². The van der Waals surface area contributed by atoms with Gasteiger partial charge in [-0.1, -0.05) is 43.6 Å². The highest BCUT2D eigenvalue weighted by Gasteiger charge is 2.27. The fourth-order valence-corrected chi connectivity index (χ4v) is 4.20. The zero-order chi connectivity index (χ0) is 21.1. The van der Waals surface area contributed by atoms with Crippen molar-refractivity contribution in [1.29, 1.82) is 0 Å². The number of piperidine rings is 1. The normalized spacial score (nSPS) is 16.9. The highest BCUT2D eigenvalue weighted by Crippen LogP contribution is 2.31. The Hall–Kier alpha value is -2.60. The van der Waals surface area contributed by atoms with Gasteiger partial charge in [-0.3, -0.25) is 4.79 Å². The van der Waals surface area contributed by atoms with Crippen LogP contribution in [0.3, 0.4) is 0 Å². The number of fused-ring (bicyclic) bond motifs is 1. The van der Waals surface area contributed by atoms with E-state index in [4.69, 9.17) is 16.7 Å². The Morgan fingerprint density at radius 1 is 1.33 bits per heavy atom. The Labute approximate surface area is 182 Å². The summed E-state index contributed by atoms with van der Waals surface area (Å²) in [4.78, 5) is 19.5. The third kappa shape index (κ3) is 4.43. The second-order valence-electron chi connectivity index (χ2n) is 8.35. The number of rotatable bonds is 6. The number of benzene rings is 1. The van der Waals surface area contributed by atoms with Crippen LogP contribution in [0.5, 0.6) is 0 Å². The molecular weight excluding hydrogens is 398 g/mol. The molecule has 1 fully saturated rings. The highest BCUT2D eigenvalue weighted by molar-refractivity contribution is 6.33. The SMILES string of the molecule is CC(C)CCNC(=O)[C@H]1CCCN(c2nccn3nc(-c4ccccc4Cl)cc23)C1. The molecule has 0 radical (unpaired) electrons. The molecule has 1 saturated heterocycles. The number of nitrogens with one attached hydrogen (secondary N) is 1. The Morgan fingerprint density at radius 3 is 2.97 bits per heavy atom. The van der Waals surface area contributed by atoms with Gasteiger partial charge >= 0.3 is 0 Å². The number of aromatic nitrogens is 3. The molecule has 30 heavy (non-hydrogen) atoms. The Morgan fingerprint density at radius 2 is 2.17 bits per heavy atom. The van der Waals surface area contributed by atoms with E-state index in [1.54, 1.807) is 6.20 Å². The average Bonchev–Trinajstić information content (AvgIpc) is 3.18. The van der Waals surface area contributed by atoms with Gasteiger partial charge in [-0.05, 0) is 37.3 Å². The minimum absolute atomic E-state index is 0.0149. The van der Waals surface area contributed by atoms with Crippen LogP contribution in [0.1, 0.15) is 33.1 Å². The Balaban J connectivity index is 1.55. The van der Waals surface area contributed by atoms with Crippen LogP contribution < -0.4 is 10.2 Å². The van der Waals surface area contributed by atoms with Crippen LogP contribution in [-0.4, -0.2) is 40.1 Å². The van der Waals surface area contributed by atoms with Gasteiger partial charge < -0.3 is 10.2 Å². The Kier molecular flexibility index (Phi) is 6.23. The van der Waals surface area contributed by atoms with Gasteiger partial charge in [0.1, 0.15) is 5.52 Å². The molecule has 1 aliphatic heterocycles. The van der Waals surface area contributed by atoms with Crippen molar-refractivity contribution in [1.82, 2.24) is 19.9 Å². The van der Waals surface area contributed by atoms with E-state index in [2.05, 4.69) is 29.0 Å². The van der Waals surface area contributed by atoms with Crippen LogP contribution in [0.4, 0.5) is 5.82 Å². The summed E-state index contributed by atoms with van der Waals surface area (Å²) in [7, 11) is 0. The zero-order valence-corrected chi connectivity index (χ0v) is 18.3. The van der Waals surface area contributed by atoms with Gasteiger partial charge in [0.25, 0.3) is 0 Å². The number of hydrogen-bond donors (Lipinski definition) is 1. The van der Waals surface area contributed by atoms with E-state index >= 15 is 0 Å². The molecule has 1 aliphatic rings. The van der Waals surface area contributed by atoms with Crippen molar-refractivity contribution in [2.24, 2.45) is 11.8 Å². The van der Waals surface area contributed by atoms with E-state index in [1.807, 2.05) is 41.0 Å². The monoisotopic (exact) mass is 425 g/mol. The largest absolute Gasteiger partial charge is 0.356 e. The molecule has 2 aromatic heterocycles. The first kappa shape index (κ1) is 20.7. The van der Waals surface area contributed by atoms with Crippen LogP contribution in [0.2, 0.25) is 5.02 Å². The summed E-state index contributed by atoms with van der Waals surface area (Å²) in [6.45, 7) is 6.64. The van der Waals surface area contributed by atoms with E-state index in [1.165, 1.54) is 0 Å². The van der Waals surface area contributed by atoms with Crippen molar-refractivity contribution in [3.05, 3.63) is 47.7 Å². The molecule has 7 heteroatoms. The van der Waals surface area contributed by atoms with E-state index in [0.29, 0.717) is 17.5 Å². The predicted octanol–water partition coefficient (Wildman–Crippen LogP) is 4.43. The smallest absolute Gasteiger partial charge is 0.224 e. The van der Waals surface area contributed by atoms with Gasteiger partial charge in [0.15, 0.2) is 5.82 Å². The summed E-state index contributed by atoms with van der Waals surface area (Å²) in [6, 6.07) is 9.73. The first-order valence-corrected chi connectivity index (χ1v) is 11.0. The first-order chi connectivity index (χ1) is 14.5. The van der Waals surface area contributed by atoms with Crippen molar-refractivity contribution >= 4 is 28.8 Å². The molecule has 1 amide bonds. The third-order valence-electron chi connectivity index (χ3n) is 5.63. The number of amides is 1. The number of carbonyl (C=O) groups excluding carboxylic acids is 1. The number of anilines is 1. The van der Waals surface area contributed by atoms with Gasteiger partial charge in [0, 0.05) is 37.6 Å². The minimum Gasteiger partial charge on any atom is -0.356 e. The molecule has 3 aromatic rings. The third-order valence-corrected chi connectivity index (χ3v) is 5.96. The second kappa shape index (κ2) is 9.04. The molecule has 0 spiro atoms. The standard InChI is InChI=1S/C23H28ClN5O/c1-16(2)9-10-26-23(30)17-6-5-12-28(15-17)22-21-14-20(27-29(21)13-11-25-22)18-7-3-4-8-19(18)24/h3-4,7-8,11,13-14,16-17H,5-6,9-10,12,15H2,1-2H3,(H,26,30)/t17-/m0/s1. The molecule has 3 heterocycles. The van der Waals surface area contributed by atoms with E-state index in [9.17, 15) is 4.79 Å². The maximum Gasteiger partial charge on any atom is 0.224 e. The molecule has 4 rings (SSSR count). The van der Waals surface area contributed by atoms with Crippen LogP contribution >= 0.6 is 11.6 Å². The summed E-state index contributed by atoms with van der Waals surface area (Å²) in [6.07, 6.45) is 6.49. The van der Waals surface area contributed by atoms with E-state index in [0.717, 1.165) is 54.9 Å². The quantitative estimate of drug-likeness (QED) is 0.634. The second-order valence-corrected chi connectivity index (χ2v) is 8.76. The maximum absolute atomic E-state index is 12.7. The lowest BCUT2D eigenvalue weighted by Gasteiger charge is -2.33. The maximum atomic E-state index is 12.7. The van der Waals surface area contributed by atoms with Crippen LogP contribution in [0.15, 0.2) is 42.7 Å². The average molecular weight is 426 g/mol. The lowest BCUT2D eigenvalue weighted by Crippen LogP contribution is -2.43. The lowest BCUT2D eigenvalue weighted by molar-refractivity contribution is -0.125. The van der Waals surface area contributed by atoms with Crippen LogP contribution in [0, 0.1) is 11.8 Å². The molecule has 0 saturated carbocycles. The zero-order valence-electron chi connectivity index (χ0n) is 17.5. The number of nitrogens with zero attached hydrogens (tertiary/aromatic N) is 4. The van der Waals surface area contributed by atoms with Crippen molar-refractivity contribution in [2.75, 3.05) is 24.5 Å². The molecule has 1 N–H and O–H groups in total. The van der Waals surface area contributed by atoms with Crippen molar-refractivity contribution in [2.45, 2.75) is 33.1 Å². The fourth-order valence-electron chi connectivity index (χ4n) is 3.96. The molecule has 6 nitrogen and oxygen atoms in total. The number of hydrogen-bond acceptors (Lipinski definition) is 4. The fraction of sp³-hybridized carbons (Fsp3) is 0.435. The molecule has 0 unspecified atom stereocenters. The highest BCUT2D eigenvalue weighted by atomic mass is 35.5. The summed E-state index contributed by atoms with van der Waals surface area (Å²) in [5.74, 6) is 1.59. The van der Waals surface area contributed by atoms with Gasteiger partial charge in [-0.2, -0.15) is 5.10 Å². The Bertz CT molecular complexity index is 1030. The summed E-state index contributed by atoms with van der Waals surface area (Å²) >= 11 is 6.37. The van der Waals surface area contributed by atoms with Crippen molar-refractivity contribution < 1.29 is 4.79 Å². The summed E-state index contributed by atoms with van der Waals surface area (Å²) in [5.41, 5.74) is 2.64. The molecule has 1 atom stereocenters. The van der Waals surface area contributed by atoms with Gasteiger partial charge in [0.05, 0.1) is 16.6 Å². The van der Waals surface area contributed by atoms with E-state index in [-0.39, 0.29) is 11.8 Å². The lowest BCUT2D eigenvalue weighted by atomic mass is 9.97. The molecule has 0 bridgehead atoms. The summed E-state index contributed by atoms with van der Waals surface area (Å²) < 4.78 is 1.84. The number of halogens is 1. The van der Waals surface area contributed by atoms with E-state index < -0.39 is 0 Å². The molecule has 158 valence electrons. The summed E-state index contributed by atoms with van der Waals surface area (Å²) in [5, 5.41) is 8.48. The van der Waals surface area contributed by atoms with Gasteiger partial charge in [-0.25, -0.2) is 9.50 Å². The first-order valence-electron chi connectivity index (χ1n) is 10.6.